The molecule has 1 aliphatic heterocycles. The number of hydrogen-bond donors (Lipinski definition) is 1. The van der Waals surface area contributed by atoms with E-state index >= 15 is 0 Å². The van der Waals surface area contributed by atoms with Crippen molar-refractivity contribution in [3.8, 4) is 0 Å². The van der Waals surface area contributed by atoms with Gasteiger partial charge >= 0.3 is 5.97 Å². The van der Waals surface area contributed by atoms with Crippen LogP contribution in [0, 0.1) is 0 Å². The highest BCUT2D eigenvalue weighted by atomic mass is 16.5. The monoisotopic (exact) mass is 362 g/mol. The van der Waals surface area contributed by atoms with E-state index in [4.69, 9.17) is 9.47 Å². The van der Waals surface area contributed by atoms with Gasteiger partial charge in [-0.1, -0.05) is 47.6 Å². The van der Waals surface area contributed by atoms with Crippen molar-refractivity contribution in [1.29, 1.82) is 0 Å². The molecule has 0 saturated carbocycles. The summed E-state index contributed by atoms with van der Waals surface area (Å²) in [6, 6.07) is 6.20. The highest BCUT2D eigenvalue weighted by molar-refractivity contribution is 5.90. The van der Waals surface area contributed by atoms with Gasteiger partial charge in [-0.3, -0.25) is 0 Å². The maximum atomic E-state index is 12.8. The number of morpholine rings is 1. The maximum Gasteiger partial charge on any atom is 0.338 e. The topological polar surface area (TPSA) is 40.0 Å². The number of carbonyl (C=O) groups is 1. The van der Waals surface area contributed by atoms with Gasteiger partial charge in [0, 0.05) is 0 Å². The second kappa shape index (κ2) is 8.10. The summed E-state index contributed by atoms with van der Waals surface area (Å²) >= 11 is 0. The Bertz CT molecular complexity index is 587. The summed E-state index contributed by atoms with van der Waals surface area (Å²) in [4.78, 5) is 14.2. The van der Waals surface area contributed by atoms with E-state index in [1.54, 1.807) is 0 Å². The molecule has 1 heterocycles. The van der Waals surface area contributed by atoms with Crippen LogP contribution in [0.25, 0.3) is 0 Å². The number of ether oxygens (including phenoxy) is 2. The van der Waals surface area contributed by atoms with Crippen molar-refractivity contribution in [1.82, 2.24) is 0 Å². The smallest absolute Gasteiger partial charge is 0.338 e. The molecular formula is C22H36NO3+. The van der Waals surface area contributed by atoms with E-state index in [0.717, 1.165) is 32.8 Å². The largest absolute Gasteiger partial charge is 0.453 e. The zero-order valence-corrected chi connectivity index (χ0v) is 17.6. The lowest BCUT2D eigenvalue weighted by Crippen LogP contribution is -3.15. The molecule has 146 valence electrons. The van der Waals surface area contributed by atoms with E-state index < -0.39 is 0 Å². The molecule has 1 N–H and O–H groups in total. The molecule has 1 aromatic rings. The van der Waals surface area contributed by atoms with Crippen LogP contribution in [0.15, 0.2) is 18.2 Å². The minimum atomic E-state index is -0.221. The zero-order chi connectivity index (χ0) is 19.5. The van der Waals surface area contributed by atoms with Gasteiger partial charge in [-0.05, 0) is 41.0 Å². The average molecular weight is 363 g/mol. The van der Waals surface area contributed by atoms with Crippen molar-refractivity contribution >= 4 is 5.97 Å². The van der Waals surface area contributed by atoms with Gasteiger partial charge < -0.3 is 14.4 Å². The number of rotatable bonds is 4. The maximum absolute atomic E-state index is 12.8. The molecule has 0 amide bonds. The van der Waals surface area contributed by atoms with Gasteiger partial charge in [0.05, 0.1) is 18.8 Å². The van der Waals surface area contributed by atoms with Gasteiger partial charge in [0.25, 0.3) is 0 Å². The minimum Gasteiger partial charge on any atom is -0.453 e. The van der Waals surface area contributed by atoms with Crippen molar-refractivity contribution < 1.29 is 19.2 Å². The SMILES string of the molecule is C[C@@H](C[NH+]1CCOCC1)OC(=O)c1cc(C(C)(C)C)cc(C(C)(C)C)c1. The average Bonchev–Trinajstić information content (AvgIpc) is 2.53. The first-order valence-electron chi connectivity index (χ1n) is 9.75. The third-order valence-electron chi connectivity index (χ3n) is 4.99. The molecule has 4 nitrogen and oxygen atoms in total. The number of quaternary nitrogens is 1. The summed E-state index contributed by atoms with van der Waals surface area (Å²) in [5, 5.41) is 0. The first kappa shape index (κ1) is 20.9. The van der Waals surface area contributed by atoms with Crippen LogP contribution in [0.1, 0.15) is 70.0 Å². The Labute approximate surface area is 158 Å². The van der Waals surface area contributed by atoms with Crippen LogP contribution in [0.3, 0.4) is 0 Å². The van der Waals surface area contributed by atoms with E-state index in [2.05, 4.69) is 47.6 Å². The molecule has 26 heavy (non-hydrogen) atoms. The van der Waals surface area contributed by atoms with E-state index in [9.17, 15) is 4.79 Å². The Balaban J connectivity index is 2.16. The highest BCUT2D eigenvalue weighted by Gasteiger charge is 2.24. The predicted octanol–water partition coefficient (Wildman–Crippen LogP) is 2.74. The molecule has 1 aromatic carbocycles. The lowest BCUT2D eigenvalue weighted by Gasteiger charge is -2.27. The summed E-state index contributed by atoms with van der Waals surface area (Å²) in [7, 11) is 0. The molecule has 1 aliphatic rings. The number of esters is 1. The van der Waals surface area contributed by atoms with Crippen LogP contribution in [0.2, 0.25) is 0 Å². The summed E-state index contributed by atoms with van der Waals surface area (Å²) < 4.78 is 11.2. The summed E-state index contributed by atoms with van der Waals surface area (Å²) in [5.41, 5.74) is 2.97. The van der Waals surface area contributed by atoms with E-state index in [1.165, 1.54) is 16.0 Å². The van der Waals surface area contributed by atoms with Crippen LogP contribution in [0.4, 0.5) is 0 Å². The third kappa shape index (κ3) is 5.82. The second-order valence-corrected chi connectivity index (χ2v) is 9.58. The van der Waals surface area contributed by atoms with Crippen LogP contribution in [-0.4, -0.2) is 44.9 Å². The number of hydrogen-bond acceptors (Lipinski definition) is 3. The van der Waals surface area contributed by atoms with Crippen molar-refractivity contribution in [3.63, 3.8) is 0 Å². The van der Waals surface area contributed by atoms with E-state index in [-0.39, 0.29) is 22.9 Å². The Morgan fingerprint density at radius 1 is 1.04 bits per heavy atom. The lowest BCUT2D eigenvalue weighted by atomic mass is 9.79. The molecule has 0 aromatic heterocycles. The fraction of sp³-hybridized carbons (Fsp3) is 0.682. The van der Waals surface area contributed by atoms with Gasteiger partial charge in [0.2, 0.25) is 0 Å². The second-order valence-electron chi connectivity index (χ2n) is 9.58. The quantitative estimate of drug-likeness (QED) is 0.837. The molecule has 0 unspecified atom stereocenters. The van der Waals surface area contributed by atoms with Crippen LogP contribution < -0.4 is 4.90 Å². The Morgan fingerprint density at radius 3 is 2.00 bits per heavy atom. The molecule has 0 bridgehead atoms. The molecule has 1 fully saturated rings. The molecular weight excluding hydrogens is 326 g/mol. The lowest BCUT2D eigenvalue weighted by molar-refractivity contribution is -0.910. The molecule has 0 spiro atoms. The van der Waals surface area contributed by atoms with Gasteiger partial charge in [-0.2, -0.15) is 0 Å². The van der Waals surface area contributed by atoms with Gasteiger partial charge in [-0.15, -0.1) is 0 Å². The molecule has 1 saturated heterocycles. The normalized spacial score (nSPS) is 17.8. The van der Waals surface area contributed by atoms with E-state index in [0.29, 0.717) is 5.56 Å². The zero-order valence-electron chi connectivity index (χ0n) is 17.6. The molecule has 2 rings (SSSR count). The predicted molar refractivity (Wildman–Crippen MR) is 105 cm³/mol. The van der Waals surface area contributed by atoms with Gasteiger partial charge in [-0.25, -0.2) is 4.79 Å². The molecule has 1 atom stereocenters. The number of carbonyl (C=O) groups excluding carboxylic acids is 1. The van der Waals surface area contributed by atoms with Gasteiger partial charge in [0.1, 0.15) is 25.7 Å². The summed E-state index contributed by atoms with van der Waals surface area (Å²) in [6.45, 7) is 19.4. The Kier molecular flexibility index (Phi) is 6.51. The summed E-state index contributed by atoms with van der Waals surface area (Å²) in [5.74, 6) is -0.221. The number of nitrogens with one attached hydrogen (secondary N) is 1. The van der Waals surface area contributed by atoms with Crippen LogP contribution >= 0.6 is 0 Å². The van der Waals surface area contributed by atoms with Crippen LogP contribution in [-0.2, 0) is 20.3 Å². The van der Waals surface area contributed by atoms with Crippen molar-refractivity contribution in [2.24, 2.45) is 0 Å². The van der Waals surface area contributed by atoms with Crippen molar-refractivity contribution in [2.45, 2.75) is 65.4 Å². The van der Waals surface area contributed by atoms with Crippen molar-refractivity contribution in [2.75, 3.05) is 32.8 Å². The van der Waals surface area contributed by atoms with Gasteiger partial charge in [0.15, 0.2) is 0 Å². The highest BCUT2D eigenvalue weighted by Crippen LogP contribution is 2.30. The third-order valence-corrected chi connectivity index (χ3v) is 4.99. The fourth-order valence-corrected chi connectivity index (χ4v) is 3.17. The first-order chi connectivity index (χ1) is 12.0. The van der Waals surface area contributed by atoms with Crippen molar-refractivity contribution in [3.05, 3.63) is 34.9 Å². The Hall–Kier alpha value is -1.39. The standard InChI is InChI=1S/C22H35NO3/c1-16(15-23-8-10-25-11-9-23)26-20(24)17-12-18(21(2,3)4)14-19(13-17)22(5,6)7/h12-14,16H,8-11,15H2,1-7H3/p+1/t16-/m0/s1. The first-order valence-corrected chi connectivity index (χ1v) is 9.75. The molecule has 0 aliphatic carbocycles. The number of benzene rings is 1. The minimum absolute atomic E-state index is 0.0140. The summed E-state index contributed by atoms with van der Waals surface area (Å²) in [6.07, 6.45) is -0.105. The fourth-order valence-electron chi connectivity index (χ4n) is 3.17. The molecule has 0 radical (unpaired) electrons. The van der Waals surface area contributed by atoms with Crippen LogP contribution in [0.5, 0.6) is 0 Å². The Morgan fingerprint density at radius 2 is 1.54 bits per heavy atom. The van der Waals surface area contributed by atoms with E-state index in [1.807, 2.05) is 19.1 Å². The molecule has 4 heteroatoms.